The summed E-state index contributed by atoms with van der Waals surface area (Å²) in [6.45, 7) is 1.80. The van der Waals surface area contributed by atoms with E-state index in [0.717, 1.165) is 22.3 Å². The summed E-state index contributed by atoms with van der Waals surface area (Å²) < 4.78 is 0. The van der Waals surface area contributed by atoms with Crippen LogP contribution in [0, 0.1) is 11.8 Å². The monoisotopic (exact) mass is 624 g/mol. The van der Waals surface area contributed by atoms with Crippen LogP contribution in [0.3, 0.4) is 0 Å². The van der Waals surface area contributed by atoms with Crippen LogP contribution in [0.4, 0.5) is 5.69 Å². The van der Waals surface area contributed by atoms with Crippen LogP contribution < -0.4 is 5.48 Å². The number of carboxylic acids is 1. The molecule has 1 amide bonds. The number of halogens is 1. The van der Waals surface area contributed by atoms with Crippen molar-refractivity contribution in [3.8, 4) is 11.1 Å². The number of para-hydroxylation sites is 1. The molecule has 0 fully saturated rings. The van der Waals surface area contributed by atoms with Crippen LogP contribution in [0.2, 0.25) is 5.02 Å². The van der Waals surface area contributed by atoms with E-state index >= 15 is 0 Å². The SMILES string of the molecule is CCC(CC(=O)c1ccc(-c2ccc(Cl)cc2)cc1)C(C(=O)O)C(=O)N1Cc2ccccc2CC1C(=O)ONc1ccccc1. The molecular formula is C36H33ClN2O6. The Morgan fingerprint density at radius 3 is 2.09 bits per heavy atom. The summed E-state index contributed by atoms with van der Waals surface area (Å²) in [6, 6.07) is 29.6. The normalized spacial score (nSPS) is 15.3. The molecule has 0 radical (unpaired) electrons. The van der Waals surface area contributed by atoms with Crippen LogP contribution in [-0.2, 0) is 32.2 Å². The van der Waals surface area contributed by atoms with Crippen molar-refractivity contribution < 1.29 is 29.1 Å². The van der Waals surface area contributed by atoms with E-state index in [1.807, 2.05) is 54.6 Å². The second-order valence-corrected chi connectivity index (χ2v) is 11.5. The third kappa shape index (κ3) is 7.41. The molecule has 3 atom stereocenters. The number of benzene rings is 4. The molecule has 2 N–H and O–H groups in total. The number of carbonyl (C=O) groups is 4. The lowest BCUT2D eigenvalue weighted by Crippen LogP contribution is -2.53. The zero-order valence-corrected chi connectivity index (χ0v) is 25.4. The first-order valence-corrected chi connectivity index (χ1v) is 15.1. The number of anilines is 1. The van der Waals surface area contributed by atoms with Gasteiger partial charge in [0.2, 0.25) is 5.91 Å². The second kappa shape index (κ2) is 14.2. The standard InChI is InChI=1S/C36H33ClN2O6/c1-2-23(21-32(40)26-14-12-24(13-15-26)25-16-18-29(37)19-17-25)33(35(42)43)34(41)39-22-28-9-7-6-8-27(28)20-31(39)36(44)45-38-30-10-4-3-5-11-30/h3-19,23,31,33,38H,2,20-22H2,1H3,(H,42,43). The zero-order valence-electron chi connectivity index (χ0n) is 24.7. The summed E-state index contributed by atoms with van der Waals surface area (Å²) in [5.74, 6) is -5.38. The average Bonchev–Trinajstić information content (AvgIpc) is 3.06. The molecule has 0 saturated carbocycles. The molecule has 0 bridgehead atoms. The average molecular weight is 625 g/mol. The largest absolute Gasteiger partial charge is 0.481 e. The van der Waals surface area contributed by atoms with Gasteiger partial charge in [0.05, 0.1) is 5.69 Å². The van der Waals surface area contributed by atoms with Crippen LogP contribution in [0.1, 0.15) is 41.3 Å². The number of amides is 1. The number of fused-ring (bicyclic) bond motifs is 1. The Morgan fingerprint density at radius 2 is 1.47 bits per heavy atom. The first-order valence-electron chi connectivity index (χ1n) is 14.8. The molecule has 0 aromatic heterocycles. The molecule has 1 aliphatic rings. The highest BCUT2D eigenvalue weighted by molar-refractivity contribution is 6.30. The minimum absolute atomic E-state index is 0.0421. The summed E-state index contributed by atoms with van der Waals surface area (Å²) in [5.41, 5.74) is 7.12. The molecule has 9 heteroatoms. The van der Waals surface area contributed by atoms with Gasteiger partial charge in [0.25, 0.3) is 0 Å². The molecule has 0 saturated heterocycles. The van der Waals surface area contributed by atoms with E-state index in [-0.39, 0.29) is 31.6 Å². The topological polar surface area (TPSA) is 113 Å². The van der Waals surface area contributed by atoms with Crippen molar-refractivity contribution in [1.29, 1.82) is 0 Å². The molecule has 0 spiro atoms. The van der Waals surface area contributed by atoms with Crippen LogP contribution in [-0.4, -0.2) is 39.7 Å². The lowest BCUT2D eigenvalue weighted by molar-refractivity contribution is -0.162. The quantitative estimate of drug-likeness (QED) is 0.107. The predicted molar refractivity (Wildman–Crippen MR) is 171 cm³/mol. The van der Waals surface area contributed by atoms with Crippen molar-refractivity contribution >= 4 is 40.9 Å². The predicted octanol–water partition coefficient (Wildman–Crippen LogP) is 6.83. The lowest BCUT2D eigenvalue weighted by Gasteiger charge is -2.37. The highest BCUT2D eigenvalue weighted by Crippen LogP contribution is 2.31. The first kappa shape index (κ1) is 31.5. The number of hydrogen-bond acceptors (Lipinski definition) is 6. The highest BCUT2D eigenvalue weighted by Gasteiger charge is 2.44. The molecule has 1 aliphatic heterocycles. The summed E-state index contributed by atoms with van der Waals surface area (Å²) in [4.78, 5) is 60.1. The van der Waals surface area contributed by atoms with Crippen molar-refractivity contribution in [2.24, 2.45) is 11.8 Å². The van der Waals surface area contributed by atoms with Gasteiger partial charge in [-0.1, -0.05) is 104 Å². The fourth-order valence-electron chi connectivity index (χ4n) is 5.68. The van der Waals surface area contributed by atoms with Crippen molar-refractivity contribution in [1.82, 2.24) is 4.90 Å². The Morgan fingerprint density at radius 1 is 0.867 bits per heavy atom. The van der Waals surface area contributed by atoms with Gasteiger partial charge in [-0.2, -0.15) is 0 Å². The number of rotatable bonds is 11. The summed E-state index contributed by atoms with van der Waals surface area (Å²) >= 11 is 5.99. The summed E-state index contributed by atoms with van der Waals surface area (Å²) in [6.07, 6.45) is 0.292. The maximum Gasteiger partial charge on any atom is 0.354 e. The highest BCUT2D eigenvalue weighted by atomic mass is 35.5. The fourth-order valence-corrected chi connectivity index (χ4v) is 5.81. The Bertz CT molecular complexity index is 1670. The zero-order chi connectivity index (χ0) is 31.9. The van der Waals surface area contributed by atoms with Gasteiger partial charge in [-0.15, -0.1) is 0 Å². The van der Waals surface area contributed by atoms with Crippen molar-refractivity contribution in [3.05, 3.63) is 125 Å². The Hall–Kier alpha value is -4.95. The van der Waals surface area contributed by atoms with E-state index < -0.39 is 35.7 Å². The number of aliphatic carboxylic acids is 1. The molecule has 45 heavy (non-hydrogen) atoms. The first-order chi connectivity index (χ1) is 21.7. The van der Waals surface area contributed by atoms with Gasteiger partial charge in [-0.3, -0.25) is 14.4 Å². The Labute approximate surface area is 266 Å². The van der Waals surface area contributed by atoms with E-state index in [0.29, 0.717) is 16.3 Å². The third-order valence-electron chi connectivity index (χ3n) is 8.21. The number of nitrogens with zero attached hydrogens (tertiary/aromatic N) is 1. The summed E-state index contributed by atoms with van der Waals surface area (Å²) in [7, 11) is 0. The van der Waals surface area contributed by atoms with E-state index in [9.17, 15) is 24.3 Å². The Balaban J connectivity index is 1.35. The lowest BCUT2D eigenvalue weighted by atomic mass is 9.82. The minimum Gasteiger partial charge on any atom is -0.481 e. The molecule has 4 aromatic rings. The number of carbonyl (C=O) groups excluding carboxylic acids is 3. The van der Waals surface area contributed by atoms with Crippen molar-refractivity contribution in [3.63, 3.8) is 0 Å². The molecule has 3 unspecified atom stereocenters. The van der Waals surface area contributed by atoms with Gasteiger partial charge in [-0.25, -0.2) is 10.3 Å². The minimum atomic E-state index is -1.53. The van der Waals surface area contributed by atoms with E-state index in [4.69, 9.17) is 16.4 Å². The van der Waals surface area contributed by atoms with Crippen LogP contribution in [0.25, 0.3) is 11.1 Å². The van der Waals surface area contributed by atoms with Crippen molar-refractivity contribution in [2.75, 3.05) is 5.48 Å². The molecule has 8 nitrogen and oxygen atoms in total. The van der Waals surface area contributed by atoms with E-state index in [1.54, 1.807) is 55.5 Å². The number of carboxylic acid groups (broad SMARTS) is 1. The molecule has 4 aromatic carbocycles. The van der Waals surface area contributed by atoms with Crippen molar-refractivity contribution in [2.45, 2.75) is 38.8 Å². The van der Waals surface area contributed by atoms with Gasteiger partial charge in [-0.05, 0) is 52.4 Å². The summed E-state index contributed by atoms with van der Waals surface area (Å²) in [5, 5.41) is 10.9. The van der Waals surface area contributed by atoms with Gasteiger partial charge >= 0.3 is 11.9 Å². The Kier molecular flexibility index (Phi) is 9.95. The number of Topliss-reactive ketones (excluding diaryl/α,β-unsaturated/α-hetero) is 1. The number of nitrogens with one attached hydrogen (secondary N) is 1. The maximum atomic E-state index is 14.1. The van der Waals surface area contributed by atoms with Gasteiger partial charge in [0, 0.05) is 30.0 Å². The molecule has 0 aliphatic carbocycles. The molecule has 230 valence electrons. The maximum absolute atomic E-state index is 14.1. The van der Waals surface area contributed by atoms with E-state index in [2.05, 4.69) is 5.48 Å². The molecular weight excluding hydrogens is 592 g/mol. The van der Waals surface area contributed by atoms with Gasteiger partial charge in [0.1, 0.15) is 12.0 Å². The van der Waals surface area contributed by atoms with E-state index in [1.165, 1.54) is 4.90 Å². The third-order valence-corrected chi connectivity index (χ3v) is 8.46. The molecule has 5 rings (SSSR count). The smallest absolute Gasteiger partial charge is 0.354 e. The van der Waals surface area contributed by atoms with Gasteiger partial charge < -0.3 is 14.8 Å². The number of ketones is 1. The molecule has 1 heterocycles. The van der Waals surface area contributed by atoms with Gasteiger partial charge in [0.15, 0.2) is 5.78 Å². The fraction of sp³-hybridized carbons (Fsp3) is 0.222. The van der Waals surface area contributed by atoms with Crippen LogP contribution in [0.5, 0.6) is 0 Å². The van der Waals surface area contributed by atoms with Crippen LogP contribution >= 0.6 is 11.6 Å². The second-order valence-electron chi connectivity index (χ2n) is 11.0. The number of hydrogen-bond donors (Lipinski definition) is 2. The van der Waals surface area contributed by atoms with Crippen LogP contribution in [0.15, 0.2) is 103 Å².